The van der Waals surface area contributed by atoms with Crippen LogP contribution in [-0.2, 0) is 9.59 Å². The monoisotopic (exact) mass is 358 g/mol. The summed E-state index contributed by atoms with van der Waals surface area (Å²) in [6, 6.07) is 6.78. The van der Waals surface area contributed by atoms with Gasteiger partial charge in [0.05, 0.1) is 28.6 Å². The molecule has 3 aromatic rings. The number of carbonyl (C=O) groups excluding carboxylic acids is 3. The fourth-order valence-corrected chi connectivity index (χ4v) is 3.00. The standard InChI is InChI=1S/C16H14N4O4S/c1-9(21)18-11-2-3-12-13(6-11)25-16(19-12)20-14(22)7-17-15(23)10-4-5-24-8-10/h2-6,8H,7H2,1H3,(H,17,23)(H,18,21)(H,19,20,22). The molecular weight excluding hydrogens is 344 g/mol. The van der Waals surface area contributed by atoms with E-state index in [2.05, 4.69) is 20.9 Å². The Labute approximate surface area is 146 Å². The molecule has 0 unspecified atom stereocenters. The maximum absolute atomic E-state index is 11.9. The molecule has 0 spiro atoms. The van der Waals surface area contributed by atoms with E-state index in [0.29, 0.717) is 21.9 Å². The first-order chi connectivity index (χ1) is 12.0. The van der Waals surface area contributed by atoms with E-state index in [1.54, 1.807) is 18.2 Å². The van der Waals surface area contributed by atoms with E-state index in [4.69, 9.17) is 4.42 Å². The van der Waals surface area contributed by atoms with Crippen LogP contribution in [0.4, 0.5) is 10.8 Å². The van der Waals surface area contributed by atoms with Crippen LogP contribution in [0.2, 0.25) is 0 Å². The van der Waals surface area contributed by atoms with Gasteiger partial charge >= 0.3 is 0 Å². The van der Waals surface area contributed by atoms with Crippen molar-refractivity contribution in [3.05, 3.63) is 42.4 Å². The Bertz CT molecular complexity index is 933. The zero-order valence-corrected chi connectivity index (χ0v) is 14.0. The molecule has 0 aliphatic carbocycles. The lowest BCUT2D eigenvalue weighted by Crippen LogP contribution is -2.32. The second-order valence-corrected chi connectivity index (χ2v) is 6.16. The van der Waals surface area contributed by atoms with Crippen LogP contribution in [0.1, 0.15) is 17.3 Å². The van der Waals surface area contributed by atoms with Crippen molar-refractivity contribution in [1.82, 2.24) is 10.3 Å². The van der Waals surface area contributed by atoms with Crippen molar-refractivity contribution in [2.45, 2.75) is 6.92 Å². The number of nitrogens with one attached hydrogen (secondary N) is 3. The fraction of sp³-hybridized carbons (Fsp3) is 0.125. The van der Waals surface area contributed by atoms with Gasteiger partial charge in [0, 0.05) is 12.6 Å². The van der Waals surface area contributed by atoms with E-state index in [1.807, 2.05) is 0 Å². The van der Waals surface area contributed by atoms with E-state index in [-0.39, 0.29) is 12.5 Å². The van der Waals surface area contributed by atoms with Gasteiger partial charge in [-0.2, -0.15) is 0 Å². The minimum Gasteiger partial charge on any atom is -0.472 e. The Morgan fingerprint density at radius 2 is 2.04 bits per heavy atom. The van der Waals surface area contributed by atoms with E-state index in [1.165, 1.54) is 36.9 Å². The van der Waals surface area contributed by atoms with Crippen molar-refractivity contribution in [1.29, 1.82) is 0 Å². The summed E-state index contributed by atoms with van der Waals surface area (Å²) in [5, 5.41) is 8.23. The number of fused-ring (bicyclic) bond motifs is 1. The Morgan fingerprint density at radius 1 is 1.20 bits per heavy atom. The predicted molar refractivity (Wildman–Crippen MR) is 93.6 cm³/mol. The first kappa shape index (κ1) is 16.7. The van der Waals surface area contributed by atoms with Crippen LogP contribution in [0.25, 0.3) is 10.2 Å². The largest absolute Gasteiger partial charge is 0.472 e. The van der Waals surface area contributed by atoms with Crippen LogP contribution in [0, 0.1) is 0 Å². The van der Waals surface area contributed by atoms with Crippen LogP contribution in [0.15, 0.2) is 41.2 Å². The molecule has 2 aromatic heterocycles. The van der Waals surface area contributed by atoms with Gasteiger partial charge in [0.25, 0.3) is 5.91 Å². The third kappa shape index (κ3) is 4.21. The van der Waals surface area contributed by atoms with Gasteiger partial charge in [-0.25, -0.2) is 4.98 Å². The highest BCUT2D eigenvalue weighted by Crippen LogP contribution is 2.28. The first-order valence-corrected chi connectivity index (χ1v) is 8.11. The van der Waals surface area contributed by atoms with E-state index in [0.717, 1.165) is 4.70 Å². The maximum Gasteiger partial charge on any atom is 0.254 e. The average Bonchev–Trinajstić information content (AvgIpc) is 3.20. The summed E-state index contributed by atoms with van der Waals surface area (Å²) in [5.41, 5.74) is 1.71. The van der Waals surface area contributed by atoms with E-state index < -0.39 is 11.8 Å². The molecule has 0 saturated heterocycles. The van der Waals surface area contributed by atoms with Gasteiger partial charge in [0.2, 0.25) is 11.8 Å². The number of rotatable bonds is 5. The van der Waals surface area contributed by atoms with Gasteiger partial charge in [0.15, 0.2) is 5.13 Å². The molecule has 1 aromatic carbocycles. The van der Waals surface area contributed by atoms with Crippen LogP contribution in [0.5, 0.6) is 0 Å². The summed E-state index contributed by atoms with van der Waals surface area (Å²) in [4.78, 5) is 39.1. The minimum atomic E-state index is -0.395. The third-order valence-corrected chi connectivity index (χ3v) is 4.08. The molecule has 3 rings (SSSR count). The molecule has 0 fully saturated rings. The summed E-state index contributed by atoms with van der Waals surface area (Å²) >= 11 is 1.28. The minimum absolute atomic E-state index is 0.161. The molecule has 3 amide bonds. The Morgan fingerprint density at radius 3 is 2.76 bits per heavy atom. The molecule has 8 nitrogen and oxygen atoms in total. The highest BCUT2D eigenvalue weighted by atomic mass is 32.1. The van der Waals surface area contributed by atoms with Crippen LogP contribution in [-0.4, -0.2) is 29.3 Å². The SMILES string of the molecule is CC(=O)Nc1ccc2nc(NC(=O)CNC(=O)c3ccoc3)sc2c1. The summed E-state index contributed by atoms with van der Waals surface area (Å²) in [5.74, 6) is -0.947. The summed E-state index contributed by atoms with van der Waals surface area (Å²) < 4.78 is 5.63. The topological polar surface area (TPSA) is 113 Å². The number of anilines is 2. The zero-order chi connectivity index (χ0) is 17.8. The van der Waals surface area contributed by atoms with Gasteiger partial charge in [-0.15, -0.1) is 0 Å². The smallest absolute Gasteiger partial charge is 0.254 e. The normalized spacial score (nSPS) is 10.4. The molecule has 2 heterocycles. The number of thiazole rings is 1. The molecule has 0 aliphatic heterocycles. The number of furan rings is 1. The first-order valence-electron chi connectivity index (χ1n) is 7.30. The lowest BCUT2D eigenvalue weighted by Gasteiger charge is -2.03. The molecule has 3 N–H and O–H groups in total. The number of hydrogen-bond acceptors (Lipinski definition) is 6. The van der Waals surface area contributed by atoms with Crippen LogP contribution < -0.4 is 16.0 Å². The average molecular weight is 358 g/mol. The molecule has 0 bridgehead atoms. The van der Waals surface area contributed by atoms with Crippen molar-refractivity contribution in [3.8, 4) is 0 Å². The van der Waals surface area contributed by atoms with E-state index in [9.17, 15) is 14.4 Å². The van der Waals surface area contributed by atoms with E-state index >= 15 is 0 Å². The predicted octanol–water partition coefficient (Wildman–Crippen LogP) is 2.22. The van der Waals surface area contributed by atoms with Crippen molar-refractivity contribution >= 4 is 50.1 Å². The van der Waals surface area contributed by atoms with Crippen LogP contribution >= 0.6 is 11.3 Å². The Hall–Kier alpha value is -3.20. The van der Waals surface area contributed by atoms with Crippen molar-refractivity contribution in [3.63, 3.8) is 0 Å². The Kier molecular flexibility index (Phi) is 4.75. The number of hydrogen-bond donors (Lipinski definition) is 3. The summed E-state index contributed by atoms with van der Waals surface area (Å²) in [6.45, 7) is 1.25. The quantitative estimate of drug-likeness (QED) is 0.647. The van der Waals surface area contributed by atoms with Gasteiger partial charge < -0.3 is 20.4 Å². The number of amides is 3. The Balaban J connectivity index is 1.61. The van der Waals surface area contributed by atoms with Crippen LogP contribution in [0.3, 0.4) is 0 Å². The molecule has 9 heteroatoms. The lowest BCUT2D eigenvalue weighted by atomic mass is 10.3. The number of benzene rings is 1. The highest BCUT2D eigenvalue weighted by molar-refractivity contribution is 7.22. The molecule has 25 heavy (non-hydrogen) atoms. The molecule has 0 saturated carbocycles. The fourth-order valence-electron chi connectivity index (χ4n) is 2.08. The molecular formula is C16H14N4O4S. The second kappa shape index (κ2) is 7.14. The molecule has 0 atom stereocenters. The lowest BCUT2D eigenvalue weighted by molar-refractivity contribution is -0.115. The summed E-state index contributed by atoms with van der Waals surface area (Å²) in [6.07, 6.45) is 2.68. The molecule has 0 aliphatic rings. The maximum atomic E-state index is 11.9. The zero-order valence-electron chi connectivity index (χ0n) is 13.2. The number of aromatic nitrogens is 1. The third-order valence-electron chi connectivity index (χ3n) is 3.15. The van der Waals surface area contributed by atoms with Gasteiger partial charge in [-0.1, -0.05) is 11.3 Å². The number of nitrogens with zero attached hydrogens (tertiary/aromatic N) is 1. The highest BCUT2D eigenvalue weighted by Gasteiger charge is 2.11. The second-order valence-electron chi connectivity index (χ2n) is 5.13. The van der Waals surface area contributed by atoms with Gasteiger partial charge in [-0.3, -0.25) is 14.4 Å². The number of carbonyl (C=O) groups is 3. The molecule has 128 valence electrons. The summed E-state index contributed by atoms with van der Waals surface area (Å²) in [7, 11) is 0. The van der Waals surface area contributed by atoms with Crippen molar-refractivity contribution in [2.75, 3.05) is 17.2 Å². The van der Waals surface area contributed by atoms with Gasteiger partial charge in [-0.05, 0) is 24.3 Å². The molecule has 0 radical (unpaired) electrons. The van der Waals surface area contributed by atoms with Crippen molar-refractivity contribution < 1.29 is 18.8 Å². The van der Waals surface area contributed by atoms with Crippen molar-refractivity contribution in [2.24, 2.45) is 0 Å². The van der Waals surface area contributed by atoms with Gasteiger partial charge in [0.1, 0.15) is 6.26 Å².